The highest BCUT2D eigenvalue weighted by atomic mass is 16.6. The van der Waals surface area contributed by atoms with E-state index in [-0.39, 0.29) is 26.1 Å². The Morgan fingerprint density at radius 1 is 0.730 bits per heavy atom. The summed E-state index contributed by atoms with van der Waals surface area (Å²) in [6.45, 7) is 4.74. The summed E-state index contributed by atoms with van der Waals surface area (Å²) in [5.41, 5.74) is -1.07. The number of carbonyl (C=O) groups excluding carboxylic acids is 2. The zero-order chi connectivity index (χ0) is 27.8. The number of ether oxygens (including phenoxy) is 2. The predicted octanol–water partition coefficient (Wildman–Crippen LogP) is 6.02. The molecule has 37 heavy (non-hydrogen) atoms. The van der Waals surface area contributed by atoms with Gasteiger partial charge in [-0.2, -0.15) is 0 Å². The third-order valence-corrected chi connectivity index (χ3v) is 5.01. The molecule has 0 aromatic rings. The molecule has 1 atom stereocenters. The summed E-state index contributed by atoms with van der Waals surface area (Å²) in [5, 5.41) is 18.7. The molecule has 0 aliphatic carbocycles. The Labute approximate surface area is 221 Å². The first-order valence-corrected chi connectivity index (χ1v) is 12.8. The molecule has 0 radical (unpaired) electrons. The summed E-state index contributed by atoms with van der Waals surface area (Å²) in [4.78, 5) is 34.2. The van der Waals surface area contributed by atoms with E-state index < -0.39 is 29.4 Å². The van der Waals surface area contributed by atoms with E-state index in [1.807, 2.05) is 12.2 Å². The van der Waals surface area contributed by atoms with Gasteiger partial charge in [0.1, 0.15) is 6.61 Å². The molecule has 206 valence electrons. The van der Waals surface area contributed by atoms with E-state index in [0.29, 0.717) is 6.42 Å². The van der Waals surface area contributed by atoms with Crippen LogP contribution in [0.15, 0.2) is 72.9 Å². The van der Waals surface area contributed by atoms with Crippen molar-refractivity contribution in [2.45, 2.75) is 78.2 Å². The Morgan fingerprint density at radius 2 is 1.16 bits per heavy atom. The van der Waals surface area contributed by atoms with Crippen molar-refractivity contribution in [1.82, 2.24) is 0 Å². The third-order valence-electron chi connectivity index (χ3n) is 5.01. The van der Waals surface area contributed by atoms with Crippen molar-refractivity contribution in [2.24, 2.45) is 5.41 Å². The number of carboxylic acid groups (broad SMARTS) is 1. The van der Waals surface area contributed by atoms with Gasteiger partial charge in [-0.15, -0.1) is 0 Å². The molecule has 0 bridgehead atoms. The second kappa shape index (κ2) is 22.0. The number of rotatable bonds is 20. The average molecular weight is 517 g/mol. The highest BCUT2D eigenvalue weighted by molar-refractivity contribution is 5.76. The van der Waals surface area contributed by atoms with E-state index in [1.165, 1.54) is 0 Å². The van der Waals surface area contributed by atoms with Crippen LogP contribution in [0.1, 0.15) is 72.1 Å². The summed E-state index contributed by atoms with van der Waals surface area (Å²) in [6, 6.07) is 0. The lowest BCUT2D eigenvalue weighted by Crippen LogP contribution is -2.41. The number of allylic oxidation sites excluding steroid dienone is 11. The molecule has 0 aromatic heterocycles. The minimum absolute atomic E-state index is 0.0833. The van der Waals surface area contributed by atoms with Gasteiger partial charge in [0.15, 0.2) is 6.10 Å². The van der Waals surface area contributed by atoms with Crippen LogP contribution in [0, 0.1) is 5.41 Å². The maximum Gasteiger partial charge on any atom is 0.335 e. The summed E-state index contributed by atoms with van der Waals surface area (Å²) in [7, 11) is 0. The molecule has 7 heteroatoms. The molecule has 2 N–H and O–H groups in total. The molecule has 0 spiro atoms. The van der Waals surface area contributed by atoms with Crippen LogP contribution in [0.3, 0.4) is 0 Å². The maximum absolute atomic E-state index is 11.9. The van der Waals surface area contributed by atoms with Crippen molar-refractivity contribution < 1.29 is 34.1 Å². The number of esters is 2. The minimum atomic E-state index is -1.54. The summed E-state index contributed by atoms with van der Waals surface area (Å²) in [6.07, 6.45) is 28.6. The van der Waals surface area contributed by atoms with Crippen molar-refractivity contribution in [3.8, 4) is 0 Å². The van der Waals surface area contributed by atoms with Gasteiger partial charge in [-0.05, 0) is 38.5 Å². The monoisotopic (exact) mass is 516 g/mol. The lowest BCUT2D eigenvalue weighted by atomic mass is 9.87. The molecule has 0 unspecified atom stereocenters. The number of aliphatic carboxylic acids is 1. The van der Waals surface area contributed by atoms with Crippen LogP contribution in [0.25, 0.3) is 0 Å². The van der Waals surface area contributed by atoms with Gasteiger partial charge in [0, 0.05) is 5.41 Å². The molecule has 0 rings (SSSR count). The molecular weight excluding hydrogens is 472 g/mol. The van der Waals surface area contributed by atoms with E-state index in [1.54, 1.807) is 19.9 Å². The normalized spacial score (nSPS) is 13.6. The second-order valence-corrected chi connectivity index (χ2v) is 8.98. The zero-order valence-corrected chi connectivity index (χ0v) is 22.5. The van der Waals surface area contributed by atoms with Crippen LogP contribution in [0.5, 0.6) is 0 Å². The Bertz CT molecular complexity index is 829. The predicted molar refractivity (Wildman–Crippen MR) is 147 cm³/mol. The van der Waals surface area contributed by atoms with Crippen molar-refractivity contribution in [3.05, 3.63) is 72.9 Å². The standard InChI is InChI=1S/C30H44O7/c1-4-5-6-7-8-9-10-11-12-13-14-15-16-17-18-19-20-21-22-27(33)37-25-30(2,3)28(34)29(35)36-24-23-26(31)32/h5-6,8-9,11-12,14-15,17-18,20-21,28,34H,4,7,10,13,16,19,22-25H2,1-3H3,(H,31,32)/b6-5-,9-8-,12-11-,15-14-,18-17-,21-20-/t28-/m0/s1. The van der Waals surface area contributed by atoms with E-state index in [2.05, 4.69) is 61.6 Å². The van der Waals surface area contributed by atoms with Crippen molar-refractivity contribution in [1.29, 1.82) is 0 Å². The smallest absolute Gasteiger partial charge is 0.335 e. The number of carbonyl (C=O) groups is 3. The Hall–Kier alpha value is -3.19. The van der Waals surface area contributed by atoms with Crippen molar-refractivity contribution >= 4 is 17.9 Å². The fraction of sp³-hybridized carbons (Fsp3) is 0.500. The third kappa shape index (κ3) is 20.7. The maximum atomic E-state index is 11.9. The summed E-state index contributed by atoms with van der Waals surface area (Å²) in [5.74, 6) is -2.52. The van der Waals surface area contributed by atoms with E-state index in [0.717, 1.165) is 32.1 Å². The van der Waals surface area contributed by atoms with Gasteiger partial charge in [-0.3, -0.25) is 9.59 Å². The highest BCUT2D eigenvalue weighted by Crippen LogP contribution is 2.22. The van der Waals surface area contributed by atoms with Crippen LogP contribution >= 0.6 is 0 Å². The van der Waals surface area contributed by atoms with Crippen LogP contribution in [0.2, 0.25) is 0 Å². The second-order valence-electron chi connectivity index (χ2n) is 8.98. The highest BCUT2D eigenvalue weighted by Gasteiger charge is 2.36. The van der Waals surface area contributed by atoms with Crippen LogP contribution < -0.4 is 0 Å². The number of carboxylic acids is 1. The molecule has 0 amide bonds. The molecule has 0 saturated heterocycles. The van der Waals surface area contributed by atoms with Gasteiger partial charge in [0.25, 0.3) is 0 Å². The lowest BCUT2D eigenvalue weighted by Gasteiger charge is -2.28. The first kappa shape index (κ1) is 33.8. The number of hydrogen-bond donors (Lipinski definition) is 2. The molecule has 7 nitrogen and oxygen atoms in total. The average Bonchev–Trinajstić information content (AvgIpc) is 2.86. The van der Waals surface area contributed by atoms with E-state index in [9.17, 15) is 19.5 Å². The lowest BCUT2D eigenvalue weighted by molar-refractivity contribution is -0.167. The molecule has 0 aromatic carbocycles. The zero-order valence-electron chi connectivity index (χ0n) is 22.5. The molecule has 0 fully saturated rings. The fourth-order valence-electron chi connectivity index (χ4n) is 2.74. The summed E-state index contributed by atoms with van der Waals surface area (Å²) < 4.78 is 9.90. The molecule has 0 saturated carbocycles. The first-order chi connectivity index (χ1) is 17.7. The largest absolute Gasteiger partial charge is 0.481 e. The van der Waals surface area contributed by atoms with Gasteiger partial charge in [0.05, 0.1) is 19.4 Å². The number of hydrogen-bond acceptors (Lipinski definition) is 6. The summed E-state index contributed by atoms with van der Waals surface area (Å²) >= 11 is 0. The van der Waals surface area contributed by atoms with E-state index >= 15 is 0 Å². The molecule has 0 heterocycles. The first-order valence-electron chi connectivity index (χ1n) is 12.8. The van der Waals surface area contributed by atoms with Gasteiger partial charge >= 0.3 is 17.9 Å². The Kier molecular flexibility index (Phi) is 20.1. The topological polar surface area (TPSA) is 110 Å². The Balaban J connectivity index is 3.99. The van der Waals surface area contributed by atoms with Crippen LogP contribution in [-0.4, -0.2) is 47.4 Å². The van der Waals surface area contributed by atoms with Gasteiger partial charge in [0.2, 0.25) is 0 Å². The van der Waals surface area contributed by atoms with Crippen LogP contribution in [0.4, 0.5) is 0 Å². The van der Waals surface area contributed by atoms with Crippen LogP contribution in [-0.2, 0) is 23.9 Å². The van der Waals surface area contributed by atoms with Gasteiger partial charge in [-0.1, -0.05) is 93.7 Å². The van der Waals surface area contributed by atoms with Crippen molar-refractivity contribution in [3.63, 3.8) is 0 Å². The molecule has 0 aliphatic rings. The molecule has 0 aliphatic heterocycles. The van der Waals surface area contributed by atoms with Gasteiger partial charge < -0.3 is 19.7 Å². The quantitative estimate of drug-likeness (QED) is 0.150. The minimum Gasteiger partial charge on any atom is -0.481 e. The SMILES string of the molecule is CC/C=C\C/C=C\C/C=C\C/C=C\C/C=C\C/C=C\CC(=O)OCC(C)(C)[C@@H](O)C(=O)OCCC(=O)O. The van der Waals surface area contributed by atoms with Gasteiger partial charge in [-0.25, -0.2) is 4.79 Å². The number of aliphatic hydroxyl groups excluding tert-OH is 1. The fourth-order valence-corrected chi connectivity index (χ4v) is 2.74. The Morgan fingerprint density at radius 3 is 1.59 bits per heavy atom. The van der Waals surface area contributed by atoms with E-state index in [4.69, 9.17) is 14.6 Å². The van der Waals surface area contributed by atoms with Crippen molar-refractivity contribution in [2.75, 3.05) is 13.2 Å². The number of aliphatic hydroxyl groups is 1. The molecular formula is C30H44O7.